The van der Waals surface area contributed by atoms with Gasteiger partial charge in [0.2, 0.25) is 0 Å². The number of aliphatic hydroxyl groups excluding tert-OH is 1. The summed E-state index contributed by atoms with van der Waals surface area (Å²) in [5.74, 6) is -0.623. The van der Waals surface area contributed by atoms with Crippen molar-refractivity contribution < 1.29 is 24.1 Å². The van der Waals surface area contributed by atoms with Gasteiger partial charge in [-0.05, 0) is 26.7 Å². The van der Waals surface area contributed by atoms with Gasteiger partial charge in [0.15, 0.2) is 12.1 Å². The lowest BCUT2D eigenvalue weighted by Gasteiger charge is -2.25. The van der Waals surface area contributed by atoms with Crippen molar-refractivity contribution in [2.24, 2.45) is 0 Å². The molecule has 0 aromatic rings. The van der Waals surface area contributed by atoms with Gasteiger partial charge >= 0.3 is 0 Å². The van der Waals surface area contributed by atoms with Gasteiger partial charge in [-0.3, -0.25) is 0 Å². The third-order valence-corrected chi connectivity index (χ3v) is 4.06. The quantitative estimate of drug-likeness (QED) is 0.663. The molecule has 2 heterocycles. The zero-order chi connectivity index (χ0) is 15.3. The highest BCUT2D eigenvalue weighted by atomic mass is 16.8. The fourth-order valence-corrected chi connectivity index (χ4v) is 3.03. The Labute approximate surface area is 127 Å². The highest BCUT2D eigenvalue weighted by Crippen LogP contribution is 2.39. The highest BCUT2D eigenvalue weighted by molar-refractivity contribution is 4.93. The molecular weight excluding hydrogens is 272 g/mol. The molecule has 2 saturated heterocycles. The van der Waals surface area contributed by atoms with Gasteiger partial charge in [0.25, 0.3) is 0 Å². The molecule has 0 unspecified atom stereocenters. The fraction of sp³-hybridized carbons (Fsp3) is 1.00. The Morgan fingerprint density at radius 3 is 2.57 bits per heavy atom. The largest absolute Gasteiger partial charge is 0.396 e. The summed E-state index contributed by atoms with van der Waals surface area (Å²) >= 11 is 0. The summed E-state index contributed by atoms with van der Waals surface area (Å²) in [7, 11) is 0. The molecule has 2 fully saturated rings. The van der Waals surface area contributed by atoms with E-state index in [0.29, 0.717) is 13.0 Å². The fourth-order valence-electron chi connectivity index (χ4n) is 3.03. The summed E-state index contributed by atoms with van der Waals surface area (Å²) in [6.07, 6.45) is 5.77. The second kappa shape index (κ2) is 7.88. The van der Waals surface area contributed by atoms with Gasteiger partial charge in [0.1, 0.15) is 12.2 Å². The molecule has 4 atom stereocenters. The first-order valence-electron chi connectivity index (χ1n) is 8.31. The van der Waals surface area contributed by atoms with E-state index in [9.17, 15) is 0 Å². The summed E-state index contributed by atoms with van der Waals surface area (Å²) in [6, 6.07) is 0. The minimum Gasteiger partial charge on any atom is -0.396 e. The molecule has 0 amide bonds. The maximum Gasteiger partial charge on any atom is 0.190 e. The Kier molecular flexibility index (Phi) is 6.44. The lowest BCUT2D eigenvalue weighted by atomic mass is 10.1. The van der Waals surface area contributed by atoms with Crippen molar-refractivity contribution in [3.63, 3.8) is 0 Å². The van der Waals surface area contributed by atoms with Crippen LogP contribution < -0.4 is 0 Å². The van der Waals surface area contributed by atoms with Crippen LogP contribution in [0.15, 0.2) is 0 Å². The first-order valence-corrected chi connectivity index (χ1v) is 8.31. The topological polar surface area (TPSA) is 57.2 Å². The summed E-state index contributed by atoms with van der Waals surface area (Å²) in [5, 5.41) is 9.16. The van der Waals surface area contributed by atoms with E-state index in [0.717, 1.165) is 6.42 Å². The molecule has 0 aromatic carbocycles. The van der Waals surface area contributed by atoms with E-state index in [1.54, 1.807) is 0 Å². The van der Waals surface area contributed by atoms with E-state index < -0.39 is 5.79 Å². The van der Waals surface area contributed by atoms with E-state index in [-0.39, 0.29) is 31.2 Å². The van der Waals surface area contributed by atoms with Crippen molar-refractivity contribution in [1.29, 1.82) is 0 Å². The summed E-state index contributed by atoms with van der Waals surface area (Å²) in [4.78, 5) is 0. The van der Waals surface area contributed by atoms with Gasteiger partial charge in [0, 0.05) is 13.2 Å². The minimum absolute atomic E-state index is 0.0872. The van der Waals surface area contributed by atoms with Crippen LogP contribution in [0.25, 0.3) is 0 Å². The molecule has 124 valence electrons. The smallest absolute Gasteiger partial charge is 0.190 e. The molecule has 0 aromatic heterocycles. The number of ether oxygens (including phenoxy) is 4. The summed E-state index contributed by atoms with van der Waals surface area (Å²) in [5.41, 5.74) is 0. The van der Waals surface area contributed by atoms with E-state index in [1.165, 1.54) is 25.7 Å². The Balaban J connectivity index is 1.79. The number of hydrogen-bond acceptors (Lipinski definition) is 5. The van der Waals surface area contributed by atoms with Crippen LogP contribution in [-0.4, -0.2) is 48.7 Å². The lowest BCUT2D eigenvalue weighted by molar-refractivity contribution is -0.219. The molecule has 21 heavy (non-hydrogen) atoms. The van der Waals surface area contributed by atoms with E-state index in [2.05, 4.69) is 6.92 Å². The average molecular weight is 302 g/mol. The molecule has 5 heteroatoms. The van der Waals surface area contributed by atoms with Gasteiger partial charge in [-0.2, -0.15) is 0 Å². The molecular formula is C16H30O5. The molecule has 1 N–H and O–H groups in total. The van der Waals surface area contributed by atoms with Gasteiger partial charge in [0.05, 0.1) is 6.10 Å². The van der Waals surface area contributed by atoms with Crippen molar-refractivity contribution >= 4 is 0 Å². The first-order chi connectivity index (χ1) is 10.1. The van der Waals surface area contributed by atoms with E-state index in [4.69, 9.17) is 24.1 Å². The molecule has 0 radical (unpaired) electrons. The Morgan fingerprint density at radius 2 is 1.86 bits per heavy atom. The number of rotatable bonds is 9. The Bertz CT molecular complexity index is 307. The predicted octanol–water partition coefficient (Wildman–Crippen LogP) is 2.60. The van der Waals surface area contributed by atoms with Crippen LogP contribution in [0.4, 0.5) is 0 Å². The van der Waals surface area contributed by atoms with Crippen LogP contribution in [0.2, 0.25) is 0 Å². The van der Waals surface area contributed by atoms with Crippen LogP contribution in [-0.2, 0) is 18.9 Å². The molecule has 2 rings (SSSR count). The predicted molar refractivity (Wildman–Crippen MR) is 78.9 cm³/mol. The normalized spacial score (nSPS) is 34.3. The minimum atomic E-state index is -0.623. The molecule has 0 bridgehead atoms. The van der Waals surface area contributed by atoms with E-state index in [1.807, 2.05) is 13.8 Å². The molecule has 0 aliphatic carbocycles. The van der Waals surface area contributed by atoms with Crippen LogP contribution in [0.1, 0.15) is 59.3 Å². The second-order valence-corrected chi connectivity index (χ2v) is 6.40. The molecule has 0 saturated carbocycles. The van der Waals surface area contributed by atoms with Gasteiger partial charge < -0.3 is 24.1 Å². The zero-order valence-corrected chi connectivity index (χ0v) is 13.5. The lowest BCUT2D eigenvalue weighted by Crippen LogP contribution is -2.37. The maximum atomic E-state index is 9.16. The third kappa shape index (κ3) is 4.63. The number of unbranched alkanes of at least 4 members (excludes halogenated alkanes) is 4. The Morgan fingerprint density at radius 1 is 1.10 bits per heavy atom. The second-order valence-electron chi connectivity index (χ2n) is 6.40. The summed E-state index contributed by atoms with van der Waals surface area (Å²) < 4.78 is 23.5. The molecule has 2 aliphatic heterocycles. The first kappa shape index (κ1) is 17.2. The average Bonchev–Trinajstić information content (AvgIpc) is 2.87. The van der Waals surface area contributed by atoms with Crippen molar-refractivity contribution in [3.8, 4) is 0 Å². The number of hydrogen-bond donors (Lipinski definition) is 1. The van der Waals surface area contributed by atoms with Crippen LogP contribution in [0.5, 0.6) is 0 Å². The van der Waals surface area contributed by atoms with Crippen LogP contribution >= 0.6 is 0 Å². The molecule has 2 aliphatic rings. The highest BCUT2D eigenvalue weighted by Gasteiger charge is 2.54. The van der Waals surface area contributed by atoms with Gasteiger partial charge in [-0.15, -0.1) is 0 Å². The van der Waals surface area contributed by atoms with Crippen molar-refractivity contribution in [2.75, 3.05) is 13.2 Å². The van der Waals surface area contributed by atoms with Crippen molar-refractivity contribution in [2.45, 2.75) is 89.7 Å². The van der Waals surface area contributed by atoms with Crippen molar-refractivity contribution in [1.82, 2.24) is 0 Å². The van der Waals surface area contributed by atoms with E-state index >= 15 is 0 Å². The monoisotopic (exact) mass is 302 g/mol. The molecule has 5 nitrogen and oxygen atoms in total. The molecule has 0 spiro atoms. The standard InChI is InChI=1S/C16H30O5/c1-4-5-6-7-8-11-18-13-12(9-10-17)19-15-14(13)20-16(2,3)21-15/h12-15,17H,4-11H2,1-3H3/t12-,13+,14-,15-/m1/s1. The SMILES string of the molecule is CCCCCCCO[C@@H]1[C@H]2OC(C)(C)O[C@H]2O[C@@H]1CCO. The Hall–Kier alpha value is -0.200. The maximum absolute atomic E-state index is 9.16. The van der Waals surface area contributed by atoms with Gasteiger partial charge in [-0.25, -0.2) is 0 Å². The van der Waals surface area contributed by atoms with Crippen LogP contribution in [0.3, 0.4) is 0 Å². The number of aliphatic hydroxyl groups is 1. The van der Waals surface area contributed by atoms with Gasteiger partial charge in [-0.1, -0.05) is 32.6 Å². The van der Waals surface area contributed by atoms with Crippen LogP contribution in [0, 0.1) is 0 Å². The number of fused-ring (bicyclic) bond motifs is 1. The zero-order valence-electron chi connectivity index (χ0n) is 13.5. The third-order valence-electron chi connectivity index (χ3n) is 4.06. The van der Waals surface area contributed by atoms with Crippen molar-refractivity contribution in [3.05, 3.63) is 0 Å². The summed E-state index contributed by atoms with van der Waals surface area (Å²) in [6.45, 7) is 6.79.